The van der Waals surface area contributed by atoms with Crippen LogP contribution in [0, 0.1) is 0 Å². The molecule has 0 radical (unpaired) electrons. The quantitative estimate of drug-likeness (QED) is 0.198. The maximum atomic E-state index is 10.5. The summed E-state index contributed by atoms with van der Waals surface area (Å²) in [5.74, 6) is 0.789. The van der Waals surface area contributed by atoms with Gasteiger partial charge in [0.1, 0.15) is 17.3 Å². The Labute approximate surface area is 190 Å². The molecule has 0 fully saturated rings. The number of allylic oxidation sites excluding steroid dienone is 9. The highest BCUT2D eigenvalue weighted by Gasteiger charge is 1.89. The van der Waals surface area contributed by atoms with E-state index in [2.05, 4.69) is 24.8 Å². The fraction of sp³-hybridized carbons (Fsp3) is 0.481. The van der Waals surface area contributed by atoms with Crippen LogP contribution in [0.25, 0.3) is 0 Å². The van der Waals surface area contributed by atoms with Gasteiger partial charge in [-0.25, -0.2) is 0 Å². The minimum atomic E-state index is 0.109. The lowest BCUT2D eigenvalue weighted by atomic mass is 10.2. The van der Waals surface area contributed by atoms with Crippen molar-refractivity contribution in [2.24, 2.45) is 0 Å². The van der Waals surface area contributed by atoms with Crippen LogP contribution in [-0.4, -0.2) is 23.1 Å². The van der Waals surface area contributed by atoms with Gasteiger partial charge in [-0.3, -0.25) is 14.4 Å². The molecule has 0 unspecified atom stereocenters. The average molecular weight is 433 g/mol. The second-order valence-electron chi connectivity index (χ2n) is 6.65. The number of carbonyl (C=O) groups excluding carboxylic acids is 4. The lowest BCUT2D eigenvalue weighted by Crippen LogP contribution is -1.87. The molecule has 4 heteroatoms. The standard InChI is InChI=1S/C11H18O.C6H10O.2C5H8O/c1-3-4-5-6-7-8-9-10-11(2)12;1-3-4-5-6(2)7;2*1-3-4-5(2)6/h3-4,6-7H,5,8-10H2,1-2H3;3-4H,5H2,1-2H3;3-4H,1-2H3;3H,1,4H2,2H3/b4-3-,7-6-;2*4-3+;. The van der Waals surface area contributed by atoms with Crippen molar-refractivity contribution in [3.8, 4) is 0 Å². The monoisotopic (exact) mass is 432 g/mol. The normalized spacial score (nSPS) is 10.0. The molecule has 0 saturated heterocycles. The third-order valence-electron chi connectivity index (χ3n) is 3.05. The zero-order valence-corrected chi connectivity index (χ0v) is 20.8. The number of ketones is 4. The van der Waals surface area contributed by atoms with Crippen LogP contribution >= 0.6 is 0 Å². The molecule has 0 N–H and O–H groups in total. The Balaban J connectivity index is -0.000000166. The molecule has 0 rings (SSSR count). The van der Waals surface area contributed by atoms with Crippen LogP contribution in [0.3, 0.4) is 0 Å². The molecular formula is C27H44O4. The van der Waals surface area contributed by atoms with Crippen LogP contribution in [0.15, 0.2) is 61.3 Å². The summed E-state index contributed by atoms with van der Waals surface area (Å²) in [4.78, 5) is 40.6. The van der Waals surface area contributed by atoms with E-state index in [1.54, 1.807) is 32.9 Å². The molecule has 0 amide bonds. The van der Waals surface area contributed by atoms with Gasteiger partial charge in [-0.05, 0) is 73.8 Å². The maximum absolute atomic E-state index is 10.5. The van der Waals surface area contributed by atoms with Crippen molar-refractivity contribution >= 4 is 23.1 Å². The van der Waals surface area contributed by atoms with Crippen LogP contribution < -0.4 is 0 Å². The van der Waals surface area contributed by atoms with Crippen molar-refractivity contribution < 1.29 is 19.2 Å². The summed E-state index contributed by atoms with van der Waals surface area (Å²) in [6.07, 6.45) is 21.8. The van der Waals surface area contributed by atoms with Gasteiger partial charge in [0, 0.05) is 19.3 Å². The fourth-order valence-electron chi connectivity index (χ4n) is 1.62. The number of carbonyl (C=O) groups is 4. The molecular weight excluding hydrogens is 388 g/mol. The average Bonchev–Trinajstić information content (AvgIpc) is 2.66. The van der Waals surface area contributed by atoms with Crippen molar-refractivity contribution in [3.05, 3.63) is 61.3 Å². The molecule has 0 aliphatic heterocycles. The van der Waals surface area contributed by atoms with Crippen LogP contribution in [0.5, 0.6) is 0 Å². The second kappa shape index (κ2) is 32.1. The summed E-state index contributed by atoms with van der Waals surface area (Å²) >= 11 is 0. The van der Waals surface area contributed by atoms with Crippen molar-refractivity contribution in [1.82, 2.24) is 0 Å². The van der Waals surface area contributed by atoms with Crippen molar-refractivity contribution in [3.63, 3.8) is 0 Å². The van der Waals surface area contributed by atoms with Gasteiger partial charge >= 0.3 is 0 Å². The maximum Gasteiger partial charge on any atom is 0.152 e. The van der Waals surface area contributed by atoms with Gasteiger partial charge in [0.05, 0.1) is 0 Å². The molecule has 31 heavy (non-hydrogen) atoms. The first-order valence-electron chi connectivity index (χ1n) is 10.7. The van der Waals surface area contributed by atoms with E-state index in [0.717, 1.165) is 19.3 Å². The number of hydrogen-bond acceptors (Lipinski definition) is 4. The number of hydrogen-bond donors (Lipinski definition) is 0. The third-order valence-corrected chi connectivity index (χ3v) is 3.05. The van der Waals surface area contributed by atoms with Crippen molar-refractivity contribution in [1.29, 1.82) is 0 Å². The summed E-state index contributed by atoms with van der Waals surface area (Å²) < 4.78 is 0. The Morgan fingerprint density at radius 2 is 1.23 bits per heavy atom. The predicted molar refractivity (Wildman–Crippen MR) is 134 cm³/mol. The molecule has 0 atom stereocenters. The topological polar surface area (TPSA) is 68.3 Å². The van der Waals surface area contributed by atoms with Gasteiger partial charge in [-0.15, -0.1) is 6.58 Å². The molecule has 0 heterocycles. The Morgan fingerprint density at radius 3 is 1.48 bits per heavy atom. The minimum absolute atomic E-state index is 0.109. The summed E-state index contributed by atoms with van der Waals surface area (Å²) in [5, 5.41) is 0. The number of rotatable bonds is 11. The van der Waals surface area contributed by atoms with Crippen LogP contribution in [0.2, 0.25) is 0 Å². The molecule has 0 bridgehead atoms. The number of unbranched alkanes of at least 4 members (excludes halogenated alkanes) is 1. The predicted octanol–water partition coefficient (Wildman–Crippen LogP) is 7.11. The highest BCUT2D eigenvalue weighted by Crippen LogP contribution is 1.98. The molecule has 0 spiro atoms. The Kier molecular flexibility index (Phi) is 37.0. The summed E-state index contributed by atoms with van der Waals surface area (Å²) in [6.45, 7) is 15.4. The first-order valence-corrected chi connectivity index (χ1v) is 10.7. The van der Waals surface area contributed by atoms with Crippen LogP contribution in [0.4, 0.5) is 0 Å². The third kappa shape index (κ3) is 65.7. The molecule has 176 valence electrons. The van der Waals surface area contributed by atoms with E-state index in [0.29, 0.717) is 19.3 Å². The number of Topliss-reactive ketones (excluding diaryl/α,β-unsaturated/α-hetero) is 3. The van der Waals surface area contributed by atoms with E-state index in [-0.39, 0.29) is 23.1 Å². The lowest BCUT2D eigenvalue weighted by molar-refractivity contribution is -0.117. The molecule has 0 saturated carbocycles. The van der Waals surface area contributed by atoms with Crippen molar-refractivity contribution in [2.75, 3.05) is 0 Å². The van der Waals surface area contributed by atoms with E-state index >= 15 is 0 Å². The Morgan fingerprint density at radius 1 is 0.677 bits per heavy atom. The van der Waals surface area contributed by atoms with Crippen LogP contribution in [0.1, 0.15) is 87.0 Å². The zero-order chi connectivity index (χ0) is 24.9. The molecule has 0 aromatic rings. The van der Waals surface area contributed by atoms with E-state index < -0.39 is 0 Å². The van der Waals surface area contributed by atoms with Gasteiger partial charge in [0.25, 0.3) is 0 Å². The van der Waals surface area contributed by atoms with Gasteiger partial charge in [-0.1, -0.05) is 48.6 Å². The molecule has 0 aromatic heterocycles. The first-order chi connectivity index (χ1) is 14.6. The first kappa shape index (κ1) is 35.8. The second-order valence-corrected chi connectivity index (χ2v) is 6.65. The van der Waals surface area contributed by atoms with E-state index in [1.165, 1.54) is 13.0 Å². The highest BCUT2D eigenvalue weighted by atomic mass is 16.1. The summed E-state index contributed by atoms with van der Waals surface area (Å²) in [5.41, 5.74) is 0. The highest BCUT2D eigenvalue weighted by molar-refractivity contribution is 5.87. The van der Waals surface area contributed by atoms with Gasteiger partial charge in [0.15, 0.2) is 5.78 Å². The smallest absolute Gasteiger partial charge is 0.152 e. The minimum Gasteiger partial charge on any atom is -0.300 e. The summed E-state index contributed by atoms with van der Waals surface area (Å²) in [6, 6.07) is 0. The zero-order valence-electron chi connectivity index (χ0n) is 20.8. The summed E-state index contributed by atoms with van der Waals surface area (Å²) in [7, 11) is 0. The van der Waals surface area contributed by atoms with Gasteiger partial charge in [-0.2, -0.15) is 0 Å². The van der Waals surface area contributed by atoms with Gasteiger partial charge < -0.3 is 4.79 Å². The lowest BCUT2D eigenvalue weighted by Gasteiger charge is -1.90. The van der Waals surface area contributed by atoms with E-state index in [9.17, 15) is 19.2 Å². The van der Waals surface area contributed by atoms with Crippen LogP contribution in [-0.2, 0) is 19.2 Å². The SMILES string of the molecule is C/C=C/C(C)=O.C/C=C/CC(C)=O.C/C=C\C/C=C\CCCC(C)=O.C=CCC(C)=O. The largest absolute Gasteiger partial charge is 0.300 e. The Bertz CT molecular complexity index is 590. The van der Waals surface area contributed by atoms with E-state index in [4.69, 9.17) is 0 Å². The van der Waals surface area contributed by atoms with Crippen molar-refractivity contribution in [2.45, 2.75) is 87.0 Å². The fourth-order valence-corrected chi connectivity index (χ4v) is 1.62. The molecule has 0 aliphatic rings. The molecule has 4 nitrogen and oxygen atoms in total. The molecule has 0 aromatic carbocycles. The van der Waals surface area contributed by atoms with E-state index in [1.807, 2.05) is 39.0 Å². The Hall–Kier alpha value is -2.62. The molecule has 0 aliphatic carbocycles. The van der Waals surface area contributed by atoms with Gasteiger partial charge in [0.2, 0.25) is 0 Å².